The molecular formula is C24H28Cl2N2O8. The molecule has 0 heterocycles. The molecule has 0 aliphatic heterocycles. The summed E-state index contributed by atoms with van der Waals surface area (Å²) in [6, 6.07) is 10.5. The lowest BCUT2D eigenvalue weighted by Gasteiger charge is -2.10. The van der Waals surface area contributed by atoms with Crippen LogP contribution in [0.3, 0.4) is 0 Å². The number of aliphatic hydroxyl groups is 1. The number of aryl methyl sites for hydroxylation is 2. The zero-order valence-corrected chi connectivity index (χ0v) is 21.8. The van der Waals surface area contributed by atoms with Crippen molar-refractivity contribution in [3.8, 4) is 0 Å². The van der Waals surface area contributed by atoms with E-state index in [1.54, 1.807) is 45.0 Å². The van der Waals surface area contributed by atoms with E-state index in [1.807, 2.05) is 19.1 Å². The molecule has 36 heavy (non-hydrogen) atoms. The third-order valence-corrected chi connectivity index (χ3v) is 4.48. The Bertz CT molecular complexity index is 1020. The number of benzene rings is 2. The fraction of sp³-hybridized carbons (Fsp3) is 0.333. The minimum Gasteiger partial charge on any atom is -0.464 e. The highest BCUT2D eigenvalue weighted by atomic mass is 35.5. The Morgan fingerprint density at radius 3 is 1.94 bits per heavy atom. The second kappa shape index (κ2) is 18.8. The van der Waals surface area contributed by atoms with Crippen LogP contribution in [0.15, 0.2) is 41.4 Å². The van der Waals surface area contributed by atoms with Crippen LogP contribution in [0.1, 0.15) is 25.0 Å². The van der Waals surface area contributed by atoms with Gasteiger partial charge in [-0.2, -0.15) is 4.99 Å². The summed E-state index contributed by atoms with van der Waals surface area (Å²) >= 11 is 11.7. The molecule has 2 N–H and O–H groups in total. The normalized spacial score (nSPS) is 9.19. The van der Waals surface area contributed by atoms with Gasteiger partial charge in [-0.25, -0.2) is 19.2 Å². The smallest absolute Gasteiger partial charge is 0.412 e. The van der Waals surface area contributed by atoms with E-state index in [-0.39, 0.29) is 6.61 Å². The van der Waals surface area contributed by atoms with Crippen LogP contribution < -0.4 is 5.32 Å². The number of isocyanates is 1. The number of carbonyl (C=O) groups excluding carboxylic acids is 4. The lowest BCUT2D eigenvalue weighted by Crippen LogP contribution is -2.20. The molecule has 0 unspecified atom stereocenters. The quantitative estimate of drug-likeness (QED) is 0.217. The van der Waals surface area contributed by atoms with Crippen molar-refractivity contribution in [2.75, 3.05) is 31.7 Å². The van der Waals surface area contributed by atoms with E-state index < -0.39 is 31.2 Å². The summed E-state index contributed by atoms with van der Waals surface area (Å²) in [6.07, 6.45) is 0.706. The predicted molar refractivity (Wildman–Crippen MR) is 135 cm³/mol. The Morgan fingerprint density at radius 1 is 0.917 bits per heavy atom. The maximum absolute atomic E-state index is 11.4. The predicted octanol–water partition coefficient (Wildman–Crippen LogP) is 4.92. The summed E-state index contributed by atoms with van der Waals surface area (Å²) in [5, 5.41) is 11.4. The number of para-hydroxylation sites is 2. The van der Waals surface area contributed by atoms with Crippen LogP contribution in [-0.2, 0) is 28.6 Å². The van der Waals surface area contributed by atoms with E-state index >= 15 is 0 Å². The van der Waals surface area contributed by atoms with E-state index in [4.69, 9.17) is 28.3 Å². The first-order chi connectivity index (χ1) is 17.1. The number of hydrogen-bond donors (Lipinski definition) is 2. The van der Waals surface area contributed by atoms with E-state index in [2.05, 4.69) is 24.5 Å². The monoisotopic (exact) mass is 542 g/mol. The van der Waals surface area contributed by atoms with Crippen molar-refractivity contribution >= 4 is 58.7 Å². The van der Waals surface area contributed by atoms with E-state index in [9.17, 15) is 19.2 Å². The largest absolute Gasteiger partial charge is 0.464 e. The molecule has 1 amide bonds. The highest BCUT2D eigenvalue weighted by Crippen LogP contribution is 2.27. The topological polar surface area (TPSA) is 141 Å². The van der Waals surface area contributed by atoms with Crippen LogP contribution in [0.5, 0.6) is 0 Å². The minimum absolute atomic E-state index is 0.243. The van der Waals surface area contributed by atoms with Gasteiger partial charge in [-0.3, -0.25) is 5.32 Å². The van der Waals surface area contributed by atoms with Crippen molar-refractivity contribution in [1.29, 1.82) is 0 Å². The van der Waals surface area contributed by atoms with Gasteiger partial charge in [0.2, 0.25) is 6.08 Å². The summed E-state index contributed by atoms with van der Waals surface area (Å²) in [4.78, 5) is 45.7. The molecular weight excluding hydrogens is 515 g/mol. The Kier molecular flexibility index (Phi) is 17.0. The molecule has 0 saturated carbocycles. The van der Waals surface area contributed by atoms with E-state index in [1.165, 1.54) is 6.08 Å². The van der Waals surface area contributed by atoms with Gasteiger partial charge in [-0.05, 0) is 51.0 Å². The number of anilines is 1. The Morgan fingerprint density at radius 2 is 1.47 bits per heavy atom. The minimum atomic E-state index is -0.751. The molecule has 0 bridgehead atoms. The molecule has 196 valence electrons. The molecule has 0 aromatic heterocycles. The number of esters is 2. The number of nitrogens with zero attached hydrogens (tertiary/aromatic N) is 1. The number of carbonyl (C=O) groups is 3. The Labute approximate surface area is 219 Å². The molecule has 0 atom stereocenters. The van der Waals surface area contributed by atoms with Crippen molar-refractivity contribution in [2.24, 2.45) is 4.99 Å². The van der Waals surface area contributed by atoms with Gasteiger partial charge in [-0.15, -0.1) is 0 Å². The van der Waals surface area contributed by atoms with Crippen molar-refractivity contribution < 1.29 is 38.5 Å². The number of ether oxygens (including phenoxy) is 3. The second-order valence-electron chi connectivity index (χ2n) is 6.51. The fourth-order valence-electron chi connectivity index (χ4n) is 2.27. The van der Waals surface area contributed by atoms with E-state index in [0.29, 0.717) is 28.0 Å². The summed E-state index contributed by atoms with van der Waals surface area (Å²) in [5.41, 5.74) is 2.65. The molecule has 0 fully saturated rings. The molecule has 12 heteroatoms. The highest BCUT2D eigenvalue weighted by molar-refractivity contribution is 6.34. The molecule has 2 aromatic rings. The number of amides is 1. The van der Waals surface area contributed by atoms with Crippen molar-refractivity contribution in [3.63, 3.8) is 0 Å². The average Bonchev–Trinajstić information content (AvgIpc) is 2.84. The lowest BCUT2D eigenvalue weighted by molar-refractivity contribution is -0.147. The molecule has 0 saturated heterocycles. The maximum atomic E-state index is 11.4. The molecule has 2 aromatic carbocycles. The Balaban J connectivity index is 0.000000576. The van der Waals surface area contributed by atoms with Crippen molar-refractivity contribution in [3.05, 3.63) is 57.6 Å². The number of hydrogen-bond acceptors (Lipinski definition) is 9. The molecule has 0 radical (unpaired) electrons. The first-order valence-electron chi connectivity index (χ1n) is 10.5. The van der Waals surface area contributed by atoms with Gasteiger partial charge in [0.1, 0.15) is 6.61 Å². The second-order valence-corrected chi connectivity index (χ2v) is 7.32. The summed E-state index contributed by atoms with van der Waals surface area (Å²) in [6.45, 7) is 6.62. The highest BCUT2D eigenvalue weighted by Gasteiger charge is 2.11. The van der Waals surface area contributed by atoms with Crippen molar-refractivity contribution in [2.45, 2.75) is 27.7 Å². The third kappa shape index (κ3) is 13.5. The number of halogens is 2. The van der Waals surface area contributed by atoms with Crippen molar-refractivity contribution in [1.82, 2.24) is 0 Å². The number of aliphatic imine (C=N–C) groups is 1. The van der Waals surface area contributed by atoms with E-state index in [0.717, 1.165) is 11.1 Å². The Hall–Kier alpha value is -3.43. The van der Waals surface area contributed by atoms with Gasteiger partial charge in [0, 0.05) is 0 Å². The van der Waals surface area contributed by atoms with Gasteiger partial charge in [0.15, 0.2) is 6.61 Å². The van der Waals surface area contributed by atoms with Crippen LogP contribution in [0, 0.1) is 13.8 Å². The first-order valence-corrected chi connectivity index (χ1v) is 11.3. The van der Waals surface area contributed by atoms with Crippen LogP contribution in [0.4, 0.5) is 16.2 Å². The van der Waals surface area contributed by atoms with Gasteiger partial charge >= 0.3 is 18.0 Å². The summed E-state index contributed by atoms with van der Waals surface area (Å²) < 4.78 is 13.6. The zero-order valence-electron chi connectivity index (χ0n) is 20.3. The molecule has 0 aliphatic rings. The first kappa shape index (κ1) is 32.6. The molecule has 2 rings (SSSR count). The fourth-order valence-corrected chi connectivity index (χ4v) is 2.81. The number of aliphatic hydroxyl groups excluding tert-OH is 1. The SMILES string of the molecule is CCOC(=O)CO.CCOC(=O)COC(=O)Nc1c(C)cccc1Cl.Cc1cccc(Cl)c1N=C=O. The summed E-state index contributed by atoms with van der Waals surface area (Å²) in [7, 11) is 0. The standard InChI is InChI=1S/C12H14ClNO4.C8H6ClNO.C4H8O3/c1-3-17-10(15)7-18-12(16)14-11-8(2)5-4-6-9(11)13;1-6-3-2-4-7(9)8(6)10-5-11;1-2-7-4(6)3-5/h4-6H,3,7H2,1-2H3,(H,14,16);2-4H,1H3;5H,2-3H2,1H3. The van der Waals surface area contributed by atoms with Crippen LogP contribution >= 0.6 is 23.2 Å². The number of rotatable bonds is 7. The zero-order chi connectivity index (χ0) is 27.5. The van der Waals surface area contributed by atoms with Crippen LogP contribution in [-0.4, -0.2) is 55.6 Å². The third-order valence-electron chi connectivity index (χ3n) is 3.86. The average molecular weight is 543 g/mol. The van der Waals surface area contributed by atoms with Gasteiger partial charge in [-0.1, -0.05) is 47.5 Å². The van der Waals surface area contributed by atoms with Crippen LogP contribution in [0.25, 0.3) is 0 Å². The number of nitrogens with one attached hydrogen (secondary N) is 1. The molecule has 10 nitrogen and oxygen atoms in total. The van der Waals surface area contributed by atoms with Gasteiger partial charge < -0.3 is 19.3 Å². The molecule has 0 aliphatic carbocycles. The summed E-state index contributed by atoms with van der Waals surface area (Å²) in [5.74, 6) is -1.16. The lowest BCUT2D eigenvalue weighted by atomic mass is 10.2. The van der Waals surface area contributed by atoms with Gasteiger partial charge in [0.25, 0.3) is 0 Å². The van der Waals surface area contributed by atoms with Crippen LogP contribution in [0.2, 0.25) is 10.0 Å². The van der Waals surface area contributed by atoms with Gasteiger partial charge in [0.05, 0.1) is 34.6 Å². The molecule has 0 spiro atoms. The maximum Gasteiger partial charge on any atom is 0.412 e.